The Morgan fingerprint density at radius 2 is 1.05 bits per heavy atom. The maximum atomic E-state index is 9.51. The average Bonchev–Trinajstić information content (AvgIpc) is 2.29. The summed E-state index contributed by atoms with van der Waals surface area (Å²) < 4.78 is 58.9. The second-order valence-electron chi connectivity index (χ2n) is 3.28. The SMILES string of the molecule is CCCCN.CCCCN.O=S(=O)(O)OOS(=O)(=O)O. The fourth-order valence-corrected chi connectivity index (χ4v) is 1.04. The van der Waals surface area contributed by atoms with E-state index in [1.54, 1.807) is 0 Å². The number of hydrogen-bond donors (Lipinski definition) is 4. The van der Waals surface area contributed by atoms with Crippen LogP contribution in [0.15, 0.2) is 0 Å². The third-order valence-corrected chi connectivity index (χ3v) is 1.88. The summed E-state index contributed by atoms with van der Waals surface area (Å²) in [5.41, 5.74) is 10.3. The lowest BCUT2D eigenvalue weighted by Gasteiger charge is -1.92. The molecule has 0 radical (unpaired) electrons. The van der Waals surface area contributed by atoms with Crippen LogP contribution in [0, 0.1) is 0 Å². The number of unbranched alkanes of at least 4 members (excludes halogenated alkanes) is 2. The smallest absolute Gasteiger partial charge is 0.330 e. The summed E-state index contributed by atoms with van der Waals surface area (Å²) >= 11 is 0. The van der Waals surface area contributed by atoms with Crippen LogP contribution in [0.2, 0.25) is 0 Å². The highest BCUT2D eigenvalue weighted by atomic mass is 32.3. The van der Waals surface area contributed by atoms with Crippen molar-refractivity contribution in [1.82, 2.24) is 0 Å². The minimum absolute atomic E-state index is 0.844. The van der Waals surface area contributed by atoms with Crippen molar-refractivity contribution in [1.29, 1.82) is 0 Å². The minimum atomic E-state index is -5.02. The molecular formula is C8H24N2O8S2. The molecule has 0 atom stereocenters. The lowest BCUT2D eigenvalue weighted by molar-refractivity contribution is -0.105. The molecule has 6 N–H and O–H groups in total. The quantitative estimate of drug-likeness (QED) is 0.280. The second-order valence-corrected chi connectivity index (χ2v) is 5.26. The van der Waals surface area contributed by atoms with E-state index < -0.39 is 20.8 Å². The van der Waals surface area contributed by atoms with Crippen molar-refractivity contribution in [2.24, 2.45) is 11.5 Å². The molecule has 0 amide bonds. The second kappa shape index (κ2) is 15.1. The highest BCUT2D eigenvalue weighted by Crippen LogP contribution is 1.92. The lowest BCUT2D eigenvalue weighted by atomic mass is 10.3. The van der Waals surface area contributed by atoms with Crippen molar-refractivity contribution in [2.75, 3.05) is 13.1 Å². The lowest BCUT2D eigenvalue weighted by Crippen LogP contribution is -2.10. The molecule has 0 aromatic carbocycles. The molecule has 0 spiro atoms. The monoisotopic (exact) mass is 340 g/mol. The van der Waals surface area contributed by atoms with Crippen LogP contribution in [0.5, 0.6) is 0 Å². The van der Waals surface area contributed by atoms with Gasteiger partial charge in [-0.05, 0) is 25.9 Å². The molecule has 0 aliphatic heterocycles. The Morgan fingerprint density at radius 1 is 0.800 bits per heavy atom. The summed E-state index contributed by atoms with van der Waals surface area (Å²) in [6.45, 7) is 5.95. The molecule has 0 saturated heterocycles. The van der Waals surface area contributed by atoms with Gasteiger partial charge < -0.3 is 11.5 Å². The topological polar surface area (TPSA) is 179 Å². The van der Waals surface area contributed by atoms with Crippen LogP contribution in [-0.4, -0.2) is 39.0 Å². The van der Waals surface area contributed by atoms with Crippen LogP contribution in [0.4, 0.5) is 0 Å². The molecule has 20 heavy (non-hydrogen) atoms. The van der Waals surface area contributed by atoms with E-state index in [1.165, 1.54) is 25.7 Å². The van der Waals surface area contributed by atoms with E-state index in [4.69, 9.17) is 20.6 Å². The first-order valence-corrected chi connectivity index (χ1v) is 8.49. The highest BCUT2D eigenvalue weighted by Gasteiger charge is 2.13. The summed E-state index contributed by atoms with van der Waals surface area (Å²) in [6.07, 6.45) is 4.77. The Hall–Kier alpha value is -0.340. The van der Waals surface area contributed by atoms with Gasteiger partial charge in [0.25, 0.3) is 0 Å². The largest absolute Gasteiger partial charge is 0.425 e. The number of rotatable bonds is 7. The van der Waals surface area contributed by atoms with Crippen molar-refractivity contribution in [3.05, 3.63) is 0 Å². The zero-order valence-electron chi connectivity index (χ0n) is 11.6. The summed E-state index contributed by atoms with van der Waals surface area (Å²) in [6, 6.07) is 0. The molecule has 0 heterocycles. The zero-order chi connectivity index (χ0) is 16.7. The molecule has 0 bridgehead atoms. The van der Waals surface area contributed by atoms with Gasteiger partial charge in [-0.25, -0.2) is 0 Å². The van der Waals surface area contributed by atoms with E-state index >= 15 is 0 Å². The zero-order valence-corrected chi connectivity index (χ0v) is 13.2. The standard InChI is InChI=1S/2C4H11N.H2O8S2/c2*1-2-3-4-5;1-9(2,3)7-8-10(4,5)6/h2*2-5H2,1H3;(H,1,2,3)(H,4,5,6). The normalized spacial score (nSPS) is 10.9. The maximum Gasteiger partial charge on any atom is 0.425 e. The Labute approximate surface area is 120 Å². The molecule has 126 valence electrons. The Morgan fingerprint density at radius 3 is 1.10 bits per heavy atom. The van der Waals surface area contributed by atoms with Gasteiger partial charge in [-0.15, -0.1) is 0 Å². The first-order chi connectivity index (χ1) is 9.04. The van der Waals surface area contributed by atoms with Gasteiger partial charge in [-0.1, -0.05) is 35.4 Å². The van der Waals surface area contributed by atoms with Gasteiger partial charge in [0.05, 0.1) is 0 Å². The molecular weight excluding hydrogens is 316 g/mol. The molecule has 0 unspecified atom stereocenters. The molecule has 0 aromatic heterocycles. The molecule has 0 aliphatic rings. The van der Waals surface area contributed by atoms with Crippen LogP contribution < -0.4 is 11.5 Å². The summed E-state index contributed by atoms with van der Waals surface area (Å²) in [7, 11) is -10.0. The predicted octanol–water partition coefficient (Wildman–Crippen LogP) is 0.0306. The molecule has 0 fully saturated rings. The first-order valence-electron chi connectivity index (χ1n) is 5.76. The Balaban J connectivity index is -0.000000244. The first kappa shape index (κ1) is 24.7. The van der Waals surface area contributed by atoms with Gasteiger partial charge >= 0.3 is 20.8 Å². The van der Waals surface area contributed by atoms with Crippen LogP contribution in [0.25, 0.3) is 0 Å². The van der Waals surface area contributed by atoms with Crippen LogP contribution in [0.3, 0.4) is 0 Å². The number of nitrogens with two attached hydrogens (primary N) is 2. The van der Waals surface area contributed by atoms with Crippen molar-refractivity contribution in [2.45, 2.75) is 39.5 Å². The van der Waals surface area contributed by atoms with E-state index in [2.05, 4.69) is 22.5 Å². The third-order valence-electron chi connectivity index (χ3n) is 1.32. The van der Waals surface area contributed by atoms with E-state index in [0.29, 0.717) is 0 Å². The minimum Gasteiger partial charge on any atom is -0.330 e. The fourth-order valence-electron chi connectivity index (χ4n) is 0.478. The maximum absolute atomic E-state index is 9.51. The molecule has 0 rings (SSSR count). The van der Waals surface area contributed by atoms with Crippen molar-refractivity contribution < 1.29 is 34.6 Å². The highest BCUT2D eigenvalue weighted by molar-refractivity contribution is 7.83. The third kappa shape index (κ3) is 43.1. The van der Waals surface area contributed by atoms with Gasteiger partial charge in [-0.2, -0.15) is 16.8 Å². The van der Waals surface area contributed by atoms with E-state index in [1.807, 2.05) is 0 Å². The summed E-state index contributed by atoms with van der Waals surface area (Å²) in [4.78, 5) is 0. The van der Waals surface area contributed by atoms with Crippen LogP contribution in [-0.2, 0) is 29.5 Å². The average molecular weight is 340 g/mol. The van der Waals surface area contributed by atoms with Gasteiger partial charge in [0.15, 0.2) is 0 Å². The van der Waals surface area contributed by atoms with E-state index in [9.17, 15) is 16.8 Å². The molecule has 12 heteroatoms. The molecule has 10 nitrogen and oxygen atoms in total. The summed E-state index contributed by atoms with van der Waals surface area (Å²) in [5.74, 6) is 0. The predicted molar refractivity (Wildman–Crippen MR) is 73.2 cm³/mol. The fraction of sp³-hybridized carbons (Fsp3) is 1.00. The van der Waals surface area contributed by atoms with Crippen molar-refractivity contribution in [3.63, 3.8) is 0 Å². The van der Waals surface area contributed by atoms with Crippen molar-refractivity contribution >= 4 is 20.8 Å². The van der Waals surface area contributed by atoms with E-state index in [-0.39, 0.29) is 0 Å². The Bertz CT molecular complexity index is 339. The molecule has 0 aromatic rings. The van der Waals surface area contributed by atoms with Gasteiger partial charge in [0.2, 0.25) is 0 Å². The number of hydrogen-bond acceptors (Lipinski definition) is 8. The van der Waals surface area contributed by atoms with Crippen molar-refractivity contribution in [3.8, 4) is 0 Å². The Kier molecular flexibility index (Phi) is 18.6. The van der Waals surface area contributed by atoms with Gasteiger partial charge in [0.1, 0.15) is 0 Å². The molecule has 0 aliphatic carbocycles. The van der Waals surface area contributed by atoms with Gasteiger partial charge in [-0.3, -0.25) is 9.11 Å². The van der Waals surface area contributed by atoms with Gasteiger partial charge in [0, 0.05) is 0 Å². The van der Waals surface area contributed by atoms with Crippen LogP contribution in [0.1, 0.15) is 39.5 Å². The summed E-state index contributed by atoms with van der Waals surface area (Å²) in [5, 5.41) is 0. The van der Waals surface area contributed by atoms with E-state index in [0.717, 1.165) is 13.1 Å². The van der Waals surface area contributed by atoms with Crippen LogP contribution >= 0.6 is 0 Å². The molecule has 0 saturated carbocycles.